The van der Waals surface area contributed by atoms with Gasteiger partial charge < -0.3 is 5.32 Å². The molecule has 0 saturated carbocycles. The lowest BCUT2D eigenvalue weighted by Crippen LogP contribution is -2.49. The minimum absolute atomic E-state index is 0.122. The molecule has 26 heavy (non-hydrogen) atoms. The summed E-state index contributed by atoms with van der Waals surface area (Å²) in [5.41, 5.74) is 1.62. The van der Waals surface area contributed by atoms with Gasteiger partial charge in [0.05, 0.1) is 6.54 Å². The first-order valence-electron chi connectivity index (χ1n) is 8.79. The molecule has 1 atom stereocenters. The number of piperazine rings is 1. The van der Waals surface area contributed by atoms with Crippen LogP contribution in [0.15, 0.2) is 48.5 Å². The van der Waals surface area contributed by atoms with Gasteiger partial charge in [-0.05, 0) is 36.8 Å². The van der Waals surface area contributed by atoms with E-state index in [1.807, 2.05) is 18.2 Å². The highest BCUT2D eigenvalue weighted by molar-refractivity contribution is 6.31. The molecule has 1 heterocycles. The number of carbonyl (C=O) groups excluding carboxylic acids is 1. The lowest BCUT2D eigenvalue weighted by Gasteiger charge is -2.38. The summed E-state index contributed by atoms with van der Waals surface area (Å²) in [7, 11) is 0. The predicted octanol–water partition coefficient (Wildman–Crippen LogP) is 3.80. The van der Waals surface area contributed by atoms with Gasteiger partial charge in [0, 0.05) is 42.9 Å². The molecule has 1 saturated heterocycles. The SMILES string of the molecule is C[C@H](c1ccccc1Cl)N1CCN(CC(=O)Nc2cccc(F)c2)CC1. The average molecular weight is 376 g/mol. The van der Waals surface area contributed by atoms with Crippen LogP contribution in [0.5, 0.6) is 0 Å². The molecule has 0 spiro atoms. The van der Waals surface area contributed by atoms with Crippen LogP contribution in [-0.2, 0) is 4.79 Å². The topological polar surface area (TPSA) is 35.6 Å². The Morgan fingerprint density at radius 3 is 2.58 bits per heavy atom. The molecule has 1 aliphatic rings. The number of hydrogen-bond donors (Lipinski definition) is 1. The van der Waals surface area contributed by atoms with E-state index in [0.29, 0.717) is 12.2 Å². The summed E-state index contributed by atoms with van der Waals surface area (Å²) < 4.78 is 13.2. The number of nitrogens with zero attached hydrogens (tertiary/aromatic N) is 2. The van der Waals surface area contributed by atoms with E-state index in [-0.39, 0.29) is 17.8 Å². The predicted molar refractivity (Wildman–Crippen MR) is 103 cm³/mol. The molecule has 1 aliphatic heterocycles. The minimum Gasteiger partial charge on any atom is -0.325 e. The summed E-state index contributed by atoms with van der Waals surface area (Å²) in [4.78, 5) is 16.7. The van der Waals surface area contributed by atoms with Gasteiger partial charge >= 0.3 is 0 Å². The molecule has 4 nitrogen and oxygen atoms in total. The number of amides is 1. The van der Waals surface area contributed by atoms with E-state index in [1.165, 1.54) is 12.1 Å². The van der Waals surface area contributed by atoms with Crippen molar-refractivity contribution in [3.63, 3.8) is 0 Å². The molecule has 0 aliphatic carbocycles. The van der Waals surface area contributed by atoms with Gasteiger partial charge in [-0.2, -0.15) is 0 Å². The van der Waals surface area contributed by atoms with Crippen LogP contribution in [0.1, 0.15) is 18.5 Å². The number of benzene rings is 2. The Kier molecular flexibility index (Phi) is 6.25. The fourth-order valence-corrected chi connectivity index (χ4v) is 3.58. The number of rotatable bonds is 5. The van der Waals surface area contributed by atoms with E-state index in [4.69, 9.17) is 11.6 Å². The van der Waals surface area contributed by atoms with Gasteiger partial charge in [0.25, 0.3) is 0 Å². The third kappa shape index (κ3) is 4.81. The highest BCUT2D eigenvalue weighted by Crippen LogP contribution is 2.27. The first kappa shape index (κ1) is 18.8. The largest absolute Gasteiger partial charge is 0.325 e. The summed E-state index contributed by atoms with van der Waals surface area (Å²) in [5.74, 6) is -0.479. The highest BCUT2D eigenvalue weighted by atomic mass is 35.5. The Balaban J connectivity index is 1.49. The lowest BCUT2D eigenvalue weighted by molar-refractivity contribution is -0.117. The van der Waals surface area contributed by atoms with Crippen molar-refractivity contribution in [2.45, 2.75) is 13.0 Å². The van der Waals surface area contributed by atoms with Crippen molar-refractivity contribution < 1.29 is 9.18 Å². The Hall–Kier alpha value is -1.95. The van der Waals surface area contributed by atoms with Crippen molar-refractivity contribution in [3.05, 3.63) is 64.9 Å². The van der Waals surface area contributed by atoms with E-state index in [2.05, 4.69) is 28.1 Å². The average Bonchev–Trinajstić information content (AvgIpc) is 2.62. The van der Waals surface area contributed by atoms with E-state index >= 15 is 0 Å². The Bertz CT molecular complexity index is 762. The van der Waals surface area contributed by atoms with E-state index in [1.54, 1.807) is 12.1 Å². The maximum absolute atomic E-state index is 13.2. The van der Waals surface area contributed by atoms with Crippen LogP contribution in [0, 0.1) is 5.82 Å². The summed E-state index contributed by atoms with van der Waals surface area (Å²) >= 11 is 6.31. The number of halogens is 2. The molecule has 6 heteroatoms. The second kappa shape index (κ2) is 8.62. The quantitative estimate of drug-likeness (QED) is 0.863. The third-order valence-corrected chi connectivity index (χ3v) is 5.13. The number of hydrogen-bond acceptors (Lipinski definition) is 3. The minimum atomic E-state index is -0.357. The van der Waals surface area contributed by atoms with Crippen LogP contribution < -0.4 is 5.32 Å². The van der Waals surface area contributed by atoms with Crippen molar-refractivity contribution in [2.75, 3.05) is 38.0 Å². The molecule has 0 bridgehead atoms. The van der Waals surface area contributed by atoms with Crippen molar-refractivity contribution in [1.29, 1.82) is 0 Å². The van der Waals surface area contributed by atoms with Gasteiger partial charge in [0.2, 0.25) is 5.91 Å². The number of nitrogens with one attached hydrogen (secondary N) is 1. The van der Waals surface area contributed by atoms with Crippen LogP contribution >= 0.6 is 11.6 Å². The van der Waals surface area contributed by atoms with Crippen molar-refractivity contribution in [1.82, 2.24) is 9.80 Å². The molecule has 3 rings (SSSR count). The van der Waals surface area contributed by atoms with Gasteiger partial charge in [-0.3, -0.25) is 14.6 Å². The highest BCUT2D eigenvalue weighted by Gasteiger charge is 2.24. The summed E-state index contributed by atoms with van der Waals surface area (Å²) in [6, 6.07) is 14.1. The van der Waals surface area contributed by atoms with Crippen molar-refractivity contribution in [2.24, 2.45) is 0 Å². The Labute approximate surface area is 158 Å². The first-order chi connectivity index (χ1) is 12.5. The fraction of sp³-hybridized carbons (Fsp3) is 0.350. The number of carbonyl (C=O) groups is 1. The molecule has 1 fully saturated rings. The zero-order valence-corrected chi connectivity index (χ0v) is 15.5. The van der Waals surface area contributed by atoms with Gasteiger partial charge in [0.1, 0.15) is 5.82 Å². The number of anilines is 1. The first-order valence-corrected chi connectivity index (χ1v) is 9.17. The molecule has 2 aromatic carbocycles. The smallest absolute Gasteiger partial charge is 0.238 e. The normalized spacial score (nSPS) is 17.0. The maximum atomic E-state index is 13.2. The standard InChI is InChI=1S/C20H23ClFN3O/c1-15(18-7-2-3-8-19(18)21)25-11-9-24(10-12-25)14-20(26)23-17-6-4-5-16(22)13-17/h2-8,13,15H,9-12,14H2,1H3,(H,23,26)/t15-/m1/s1. The molecule has 0 aromatic heterocycles. The van der Waals surface area contributed by atoms with Crippen LogP contribution in [0.25, 0.3) is 0 Å². The second-order valence-corrected chi connectivity index (χ2v) is 6.98. The molecule has 0 radical (unpaired) electrons. The van der Waals surface area contributed by atoms with Crippen LogP contribution in [-0.4, -0.2) is 48.4 Å². The van der Waals surface area contributed by atoms with Crippen molar-refractivity contribution in [3.8, 4) is 0 Å². The van der Waals surface area contributed by atoms with Gasteiger partial charge in [-0.15, -0.1) is 0 Å². The van der Waals surface area contributed by atoms with Gasteiger partial charge in [-0.1, -0.05) is 35.9 Å². The molecular formula is C20H23ClFN3O. The Morgan fingerprint density at radius 2 is 1.88 bits per heavy atom. The summed E-state index contributed by atoms with van der Waals surface area (Å²) in [6.07, 6.45) is 0. The maximum Gasteiger partial charge on any atom is 0.238 e. The van der Waals surface area contributed by atoms with E-state index in [0.717, 1.165) is 36.8 Å². The van der Waals surface area contributed by atoms with E-state index < -0.39 is 0 Å². The monoisotopic (exact) mass is 375 g/mol. The molecule has 1 amide bonds. The lowest BCUT2D eigenvalue weighted by atomic mass is 10.1. The fourth-order valence-electron chi connectivity index (χ4n) is 3.29. The second-order valence-electron chi connectivity index (χ2n) is 6.57. The van der Waals surface area contributed by atoms with Crippen LogP contribution in [0.3, 0.4) is 0 Å². The zero-order valence-electron chi connectivity index (χ0n) is 14.8. The van der Waals surface area contributed by atoms with E-state index in [9.17, 15) is 9.18 Å². The molecular weight excluding hydrogens is 353 g/mol. The zero-order chi connectivity index (χ0) is 18.5. The van der Waals surface area contributed by atoms with Crippen molar-refractivity contribution >= 4 is 23.2 Å². The molecule has 138 valence electrons. The summed E-state index contributed by atoms with van der Waals surface area (Å²) in [6.45, 7) is 5.84. The Morgan fingerprint density at radius 1 is 1.15 bits per heavy atom. The molecule has 2 aromatic rings. The third-order valence-electron chi connectivity index (χ3n) is 4.79. The van der Waals surface area contributed by atoms with Crippen LogP contribution in [0.2, 0.25) is 5.02 Å². The van der Waals surface area contributed by atoms with Gasteiger partial charge in [0.15, 0.2) is 0 Å². The van der Waals surface area contributed by atoms with Crippen LogP contribution in [0.4, 0.5) is 10.1 Å². The van der Waals surface area contributed by atoms with Gasteiger partial charge in [-0.25, -0.2) is 4.39 Å². The molecule has 1 N–H and O–H groups in total. The summed E-state index contributed by atoms with van der Waals surface area (Å²) in [5, 5.41) is 3.53. The molecule has 0 unspecified atom stereocenters.